The minimum Gasteiger partial charge on any atom is -0.470 e. The van der Waals surface area contributed by atoms with Crippen LogP contribution in [0.15, 0.2) is 12.3 Å². The molecule has 0 aliphatic heterocycles. The number of pyridine rings is 1. The molecule has 140 valence electrons. The fraction of sp³-hybridized carbons (Fsp3) is 0.615. The van der Waals surface area contributed by atoms with E-state index in [4.69, 9.17) is 24.1 Å². The van der Waals surface area contributed by atoms with Crippen molar-refractivity contribution in [2.45, 2.75) is 0 Å². The van der Waals surface area contributed by atoms with Crippen LogP contribution in [0.25, 0.3) is 0 Å². The second-order valence-electron chi connectivity index (χ2n) is 4.44. The molecular weight excluding hydrogens is 342 g/mol. The van der Waals surface area contributed by atoms with Crippen molar-refractivity contribution in [1.29, 1.82) is 0 Å². The van der Waals surface area contributed by atoms with Crippen LogP contribution in [0.3, 0.4) is 0 Å². The highest BCUT2D eigenvalue weighted by Gasteiger charge is 2.22. The van der Waals surface area contributed by atoms with E-state index in [9.17, 15) is 20.2 Å². The van der Waals surface area contributed by atoms with Gasteiger partial charge in [-0.25, -0.2) is 4.98 Å². The SMILES string of the molecule is O=[N+]([O-])c1cnc(OCCOCCOCCOCCO)c([N+](=O)[O-])c1. The van der Waals surface area contributed by atoms with E-state index in [0.29, 0.717) is 26.4 Å². The number of aromatic nitrogens is 1. The van der Waals surface area contributed by atoms with E-state index < -0.39 is 21.2 Å². The highest BCUT2D eigenvalue weighted by molar-refractivity contribution is 5.48. The molecule has 12 nitrogen and oxygen atoms in total. The third kappa shape index (κ3) is 8.30. The van der Waals surface area contributed by atoms with Crippen LogP contribution in [-0.2, 0) is 14.2 Å². The van der Waals surface area contributed by atoms with E-state index in [2.05, 4.69) is 4.98 Å². The molecule has 0 aliphatic carbocycles. The summed E-state index contributed by atoms with van der Waals surface area (Å²) in [6.45, 7) is 1.73. The number of aliphatic hydroxyl groups is 1. The lowest BCUT2D eigenvalue weighted by Gasteiger charge is -2.07. The van der Waals surface area contributed by atoms with Gasteiger partial charge < -0.3 is 24.1 Å². The molecular formula is C13H19N3O9. The maximum atomic E-state index is 10.9. The average molecular weight is 361 g/mol. The Balaban J connectivity index is 2.21. The van der Waals surface area contributed by atoms with Gasteiger partial charge in [-0.05, 0) is 0 Å². The van der Waals surface area contributed by atoms with E-state index in [1.165, 1.54) is 0 Å². The molecule has 0 bridgehead atoms. The first kappa shape index (κ1) is 20.6. The van der Waals surface area contributed by atoms with E-state index in [0.717, 1.165) is 12.3 Å². The summed E-state index contributed by atoms with van der Waals surface area (Å²) < 4.78 is 20.5. The van der Waals surface area contributed by atoms with E-state index in [-0.39, 0.29) is 32.3 Å². The quantitative estimate of drug-likeness (QED) is 0.278. The average Bonchev–Trinajstić information content (AvgIpc) is 2.59. The zero-order valence-electron chi connectivity index (χ0n) is 13.4. The fourth-order valence-corrected chi connectivity index (χ4v) is 1.58. The van der Waals surface area contributed by atoms with Gasteiger partial charge in [-0.3, -0.25) is 20.2 Å². The third-order valence-corrected chi connectivity index (χ3v) is 2.67. The number of hydrogen-bond donors (Lipinski definition) is 1. The summed E-state index contributed by atoms with van der Waals surface area (Å²) in [4.78, 5) is 23.5. The number of nitrogens with zero attached hydrogens (tertiary/aromatic N) is 3. The Morgan fingerprint density at radius 1 is 0.920 bits per heavy atom. The summed E-state index contributed by atoms with van der Waals surface area (Å²) in [6.07, 6.45) is 0.885. The van der Waals surface area contributed by atoms with Crippen LogP contribution < -0.4 is 4.74 Å². The predicted octanol–water partition coefficient (Wildman–Crippen LogP) is 0.319. The smallest absolute Gasteiger partial charge is 0.337 e. The highest BCUT2D eigenvalue weighted by atomic mass is 16.6. The van der Waals surface area contributed by atoms with Gasteiger partial charge in [0.25, 0.3) is 11.6 Å². The van der Waals surface area contributed by atoms with Crippen molar-refractivity contribution in [3.8, 4) is 5.88 Å². The minimum absolute atomic E-state index is 0.00867. The van der Waals surface area contributed by atoms with Crippen molar-refractivity contribution >= 4 is 11.4 Å². The fourth-order valence-electron chi connectivity index (χ4n) is 1.58. The van der Waals surface area contributed by atoms with Gasteiger partial charge in [0.2, 0.25) is 0 Å². The number of aliphatic hydroxyl groups excluding tert-OH is 1. The Morgan fingerprint density at radius 3 is 2.00 bits per heavy atom. The highest BCUT2D eigenvalue weighted by Crippen LogP contribution is 2.27. The van der Waals surface area contributed by atoms with E-state index >= 15 is 0 Å². The molecule has 0 saturated heterocycles. The molecule has 1 heterocycles. The Morgan fingerprint density at radius 2 is 1.48 bits per heavy atom. The van der Waals surface area contributed by atoms with E-state index in [1.807, 2.05) is 0 Å². The first-order valence-electron chi connectivity index (χ1n) is 7.32. The molecule has 0 aromatic carbocycles. The Labute approximate surface area is 142 Å². The number of rotatable bonds is 14. The molecule has 0 fully saturated rings. The van der Waals surface area contributed by atoms with Gasteiger partial charge in [0.05, 0.1) is 56.1 Å². The molecule has 1 aromatic heterocycles. The summed E-state index contributed by atoms with van der Waals surface area (Å²) in [5, 5.41) is 30.0. The molecule has 25 heavy (non-hydrogen) atoms. The summed E-state index contributed by atoms with van der Waals surface area (Å²) >= 11 is 0. The number of hydrogen-bond acceptors (Lipinski definition) is 10. The monoisotopic (exact) mass is 361 g/mol. The largest absolute Gasteiger partial charge is 0.470 e. The Kier molecular flexibility index (Phi) is 9.92. The van der Waals surface area contributed by atoms with Crippen LogP contribution in [0.4, 0.5) is 11.4 Å². The van der Waals surface area contributed by atoms with Gasteiger partial charge >= 0.3 is 5.69 Å². The van der Waals surface area contributed by atoms with Crippen LogP contribution in [0.1, 0.15) is 0 Å². The van der Waals surface area contributed by atoms with Crippen molar-refractivity contribution < 1.29 is 33.9 Å². The molecule has 0 amide bonds. The maximum Gasteiger partial charge on any atom is 0.337 e. The lowest BCUT2D eigenvalue weighted by atomic mass is 10.3. The normalized spacial score (nSPS) is 10.6. The first-order chi connectivity index (χ1) is 12.1. The van der Waals surface area contributed by atoms with Crippen molar-refractivity contribution in [2.75, 3.05) is 52.9 Å². The van der Waals surface area contributed by atoms with Crippen molar-refractivity contribution in [1.82, 2.24) is 4.98 Å². The van der Waals surface area contributed by atoms with Gasteiger partial charge in [0.15, 0.2) is 0 Å². The Hall–Kier alpha value is -2.41. The van der Waals surface area contributed by atoms with Crippen molar-refractivity contribution in [3.05, 3.63) is 32.5 Å². The summed E-state index contributed by atoms with van der Waals surface area (Å²) in [7, 11) is 0. The zero-order chi connectivity index (χ0) is 18.5. The van der Waals surface area contributed by atoms with Crippen molar-refractivity contribution in [3.63, 3.8) is 0 Å². The van der Waals surface area contributed by atoms with Gasteiger partial charge in [-0.2, -0.15) is 0 Å². The van der Waals surface area contributed by atoms with Crippen molar-refractivity contribution in [2.24, 2.45) is 0 Å². The zero-order valence-corrected chi connectivity index (χ0v) is 13.4. The maximum absolute atomic E-state index is 10.9. The molecule has 0 saturated carbocycles. The summed E-state index contributed by atoms with van der Waals surface area (Å²) in [6, 6.07) is 0.788. The molecule has 1 N–H and O–H groups in total. The molecule has 0 unspecified atom stereocenters. The lowest BCUT2D eigenvalue weighted by Crippen LogP contribution is -2.14. The van der Waals surface area contributed by atoms with Gasteiger partial charge in [-0.1, -0.05) is 0 Å². The van der Waals surface area contributed by atoms with Crippen LogP contribution in [-0.4, -0.2) is 72.8 Å². The van der Waals surface area contributed by atoms with Gasteiger partial charge in [0.1, 0.15) is 18.9 Å². The first-order valence-corrected chi connectivity index (χ1v) is 7.32. The van der Waals surface area contributed by atoms with Gasteiger partial charge in [0, 0.05) is 0 Å². The molecule has 12 heteroatoms. The second kappa shape index (κ2) is 12.0. The second-order valence-corrected chi connectivity index (χ2v) is 4.44. The van der Waals surface area contributed by atoms with Crippen LogP contribution in [0.2, 0.25) is 0 Å². The topological polar surface area (TPSA) is 156 Å². The molecule has 0 atom stereocenters. The van der Waals surface area contributed by atoms with E-state index in [1.54, 1.807) is 0 Å². The number of ether oxygens (including phenoxy) is 4. The lowest BCUT2D eigenvalue weighted by molar-refractivity contribution is -0.395. The van der Waals surface area contributed by atoms with Crippen LogP contribution >= 0.6 is 0 Å². The minimum atomic E-state index is -0.803. The molecule has 0 radical (unpaired) electrons. The molecule has 0 aliphatic rings. The third-order valence-electron chi connectivity index (χ3n) is 2.67. The number of nitro groups is 2. The standard InChI is InChI=1S/C13H19N3O9/c17-1-2-22-3-4-23-5-6-24-7-8-25-13-12(16(20)21)9-11(10-14-13)15(18)19/h9-10,17H,1-8H2. The summed E-state index contributed by atoms with van der Waals surface area (Å²) in [5.74, 6) is -0.309. The molecule has 1 aromatic rings. The predicted molar refractivity (Wildman–Crippen MR) is 82.6 cm³/mol. The van der Waals surface area contributed by atoms with Gasteiger partial charge in [-0.15, -0.1) is 0 Å². The molecule has 0 spiro atoms. The molecule has 1 rings (SSSR count). The Bertz CT molecular complexity index is 556. The van der Waals surface area contributed by atoms with Crippen LogP contribution in [0, 0.1) is 20.2 Å². The summed E-state index contributed by atoms with van der Waals surface area (Å²) in [5.41, 5.74) is -1.07. The van der Waals surface area contributed by atoms with Crippen LogP contribution in [0.5, 0.6) is 5.88 Å².